The summed E-state index contributed by atoms with van der Waals surface area (Å²) in [7, 11) is 0. The first-order chi connectivity index (χ1) is 7.09. The number of primary amides is 1. The number of aliphatic hydroxyl groups is 1. The molecule has 1 saturated heterocycles. The van der Waals surface area contributed by atoms with Crippen molar-refractivity contribution in [1.29, 1.82) is 0 Å². The van der Waals surface area contributed by atoms with Gasteiger partial charge in [0.15, 0.2) is 0 Å². The number of carbonyl (C=O) groups is 2. The van der Waals surface area contributed by atoms with Crippen LogP contribution in [0, 0.1) is 5.92 Å². The normalized spacial score (nSPS) is 36.2. The molecule has 2 aliphatic rings. The van der Waals surface area contributed by atoms with Crippen LogP contribution in [0.25, 0.3) is 0 Å². The number of amides is 2. The number of likely N-dealkylation sites (tertiary alicyclic amines) is 1. The summed E-state index contributed by atoms with van der Waals surface area (Å²) in [5, 5.41) is 9.68. The minimum absolute atomic E-state index is 0.0512. The Labute approximate surface area is 88.2 Å². The predicted octanol–water partition coefficient (Wildman–Crippen LogP) is -0.766. The quantitative estimate of drug-likeness (QED) is 0.630. The van der Waals surface area contributed by atoms with Crippen molar-refractivity contribution in [3.05, 3.63) is 0 Å². The predicted molar refractivity (Wildman–Crippen MR) is 52.7 cm³/mol. The molecule has 0 aromatic carbocycles. The summed E-state index contributed by atoms with van der Waals surface area (Å²) in [6.45, 7) is 0.385. The van der Waals surface area contributed by atoms with Gasteiger partial charge < -0.3 is 15.7 Å². The SMILES string of the molecule is NC(=O)C1CC(=O)N(C2CCCC2O)C1. The van der Waals surface area contributed by atoms with E-state index in [1.54, 1.807) is 4.90 Å². The van der Waals surface area contributed by atoms with Crippen LogP contribution in [0.1, 0.15) is 25.7 Å². The maximum absolute atomic E-state index is 11.6. The van der Waals surface area contributed by atoms with Gasteiger partial charge in [-0.2, -0.15) is 0 Å². The van der Waals surface area contributed by atoms with Gasteiger partial charge in [0.25, 0.3) is 0 Å². The van der Waals surface area contributed by atoms with Crippen LogP contribution in [0.5, 0.6) is 0 Å². The van der Waals surface area contributed by atoms with Crippen LogP contribution >= 0.6 is 0 Å². The van der Waals surface area contributed by atoms with Gasteiger partial charge in [-0.05, 0) is 19.3 Å². The molecule has 3 N–H and O–H groups in total. The van der Waals surface area contributed by atoms with E-state index >= 15 is 0 Å². The average Bonchev–Trinajstić information content (AvgIpc) is 2.71. The Balaban J connectivity index is 2.04. The molecule has 1 aliphatic carbocycles. The van der Waals surface area contributed by atoms with Crippen molar-refractivity contribution in [3.8, 4) is 0 Å². The van der Waals surface area contributed by atoms with Crippen LogP contribution < -0.4 is 5.73 Å². The summed E-state index contributed by atoms with van der Waals surface area (Å²) >= 11 is 0. The summed E-state index contributed by atoms with van der Waals surface area (Å²) in [6.07, 6.45) is 2.30. The van der Waals surface area contributed by atoms with Gasteiger partial charge in [0.1, 0.15) is 0 Å². The van der Waals surface area contributed by atoms with Crippen molar-refractivity contribution in [2.24, 2.45) is 11.7 Å². The number of carbonyl (C=O) groups excluding carboxylic acids is 2. The van der Waals surface area contributed by atoms with Crippen LogP contribution in [0.4, 0.5) is 0 Å². The first-order valence-corrected chi connectivity index (χ1v) is 5.36. The maximum Gasteiger partial charge on any atom is 0.223 e. The van der Waals surface area contributed by atoms with Crippen LogP contribution in [-0.4, -0.2) is 40.5 Å². The fourth-order valence-corrected chi connectivity index (χ4v) is 2.53. The van der Waals surface area contributed by atoms with Crippen LogP contribution in [-0.2, 0) is 9.59 Å². The van der Waals surface area contributed by atoms with E-state index in [4.69, 9.17) is 5.73 Å². The highest BCUT2D eigenvalue weighted by molar-refractivity contribution is 5.88. The minimum Gasteiger partial charge on any atom is -0.391 e. The van der Waals surface area contributed by atoms with Crippen molar-refractivity contribution in [3.63, 3.8) is 0 Å². The number of nitrogens with two attached hydrogens (primary N) is 1. The van der Waals surface area contributed by atoms with E-state index in [2.05, 4.69) is 0 Å². The van der Waals surface area contributed by atoms with Crippen LogP contribution in [0.15, 0.2) is 0 Å². The second-order valence-corrected chi connectivity index (χ2v) is 4.42. The Bertz CT molecular complexity index is 292. The lowest BCUT2D eigenvalue weighted by Crippen LogP contribution is -2.42. The summed E-state index contributed by atoms with van der Waals surface area (Å²) < 4.78 is 0. The Kier molecular flexibility index (Phi) is 2.65. The molecule has 5 nitrogen and oxygen atoms in total. The third kappa shape index (κ3) is 1.84. The van der Waals surface area contributed by atoms with E-state index in [1.807, 2.05) is 0 Å². The van der Waals surface area contributed by atoms with Gasteiger partial charge in [0, 0.05) is 13.0 Å². The highest BCUT2D eigenvalue weighted by Crippen LogP contribution is 2.29. The zero-order valence-electron chi connectivity index (χ0n) is 8.56. The van der Waals surface area contributed by atoms with Gasteiger partial charge in [0.2, 0.25) is 11.8 Å². The van der Waals surface area contributed by atoms with Gasteiger partial charge in [0.05, 0.1) is 18.1 Å². The van der Waals surface area contributed by atoms with E-state index in [0.29, 0.717) is 6.54 Å². The number of nitrogens with zero attached hydrogens (tertiary/aromatic N) is 1. The maximum atomic E-state index is 11.6. The second kappa shape index (κ2) is 3.81. The lowest BCUT2D eigenvalue weighted by molar-refractivity contribution is -0.131. The highest BCUT2D eigenvalue weighted by atomic mass is 16.3. The highest BCUT2D eigenvalue weighted by Gasteiger charge is 2.40. The molecule has 15 heavy (non-hydrogen) atoms. The van der Waals surface area contributed by atoms with Gasteiger partial charge in [-0.3, -0.25) is 9.59 Å². The van der Waals surface area contributed by atoms with Crippen molar-refractivity contribution in [1.82, 2.24) is 4.90 Å². The Morgan fingerprint density at radius 1 is 1.47 bits per heavy atom. The molecule has 0 aromatic heterocycles. The molecule has 3 atom stereocenters. The molecule has 5 heteroatoms. The molecule has 84 valence electrons. The third-order valence-electron chi connectivity index (χ3n) is 3.41. The Morgan fingerprint density at radius 3 is 2.67 bits per heavy atom. The molecular weight excluding hydrogens is 196 g/mol. The van der Waals surface area contributed by atoms with E-state index in [9.17, 15) is 14.7 Å². The number of rotatable bonds is 2. The molecule has 1 heterocycles. The fraction of sp³-hybridized carbons (Fsp3) is 0.800. The number of hydrogen-bond acceptors (Lipinski definition) is 3. The van der Waals surface area contributed by atoms with Crippen LogP contribution in [0.3, 0.4) is 0 Å². The van der Waals surface area contributed by atoms with Crippen molar-refractivity contribution in [2.45, 2.75) is 37.8 Å². The molecule has 2 amide bonds. The lowest BCUT2D eigenvalue weighted by atomic mass is 10.1. The largest absolute Gasteiger partial charge is 0.391 e. The fourth-order valence-electron chi connectivity index (χ4n) is 2.53. The van der Waals surface area contributed by atoms with Crippen molar-refractivity contribution >= 4 is 11.8 Å². The summed E-state index contributed by atoms with van der Waals surface area (Å²) in [5.74, 6) is -0.839. The Hall–Kier alpha value is -1.10. The van der Waals surface area contributed by atoms with Gasteiger partial charge in [-0.15, -0.1) is 0 Å². The third-order valence-corrected chi connectivity index (χ3v) is 3.41. The van der Waals surface area contributed by atoms with E-state index < -0.39 is 12.0 Å². The lowest BCUT2D eigenvalue weighted by Gasteiger charge is -2.26. The summed E-state index contributed by atoms with van der Waals surface area (Å²) in [4.78, 5) is 24.2. The summed E-state index contributed by atoms with van der Waals surface area (Å²) in [6, 6.07) is -0.0955. The minimum atomic E-state index is -0.430. The molecular formula is C10H16N2O3. The molecule has 3 unspecified atom stereocenters. The molecule has 1 saturated carbocycles. The topological polar surface area (TPSA) is 83.6 Å². The zero-order chi connectivity index (χ0) is 11.0. The second-order valence-electron chi connectivity index (χ2n) is 4.42. The number of aliphatic hydroxyl groups excluding tert-OH is 1. The standard InChI is InChI=1S/C10H16N2O3/c11-10(15)6-4-9(14)12(5-6)7-2-1-3-8(7)13/h6-8,13H,1-5H2,(H2,11,15). The molecule has 0 aromatic rings. The van der Waals surface area contributed by atoms with Gasteiger partial charge in [-0.1, -0.05) is 0 Å². The smallest absolute Gasteiger partial charge is 0.223 e. The van der Waals surface area contributed by atoms with Crippen molar-refractivity contribution in [2.75, 3.05) is 6.54 Å². The monoisotopic (exact) mass is 212 g/mol. The molecule has 0 radical (unpaired) electrons. The average molecular weight is 212 g/mol. The summed E-state index contributed by atoms with van der Waals surface area (Å²) in [5.41, 5.74) is 5.18. The number of hydrogen-bond donors (Lipinski definition) is 2. The Morgan fingerprint density at radius 2 is 2.20 bits per heavy atom. The molecule has 2 rings (SSSR count). The molecule has 0 bridgehead atoms. The van der Waals surface area contributed by atoms with Crippen LogP contribution in [0.2, 0.25) is 0 Å². The van der Waals surface area contributed by atoms with E-state index in [-0.39, 0.29) is 24.3 Å². The van der Waals surface area contributed by atoms with E-state index in [0.717, 1.165) is 19.3 Å². The molecule has 1 aliphatic heterocycles. The molecule has 2 fully saturated rings. The molecule has 0 spiro atoms. The van der Waals surface area contributed by atoms with Gasteiger partial charge in [-0.25, -0.2) is 0 Å². The van der Waals surface area contributed by atoms with Crippen molar-refractivity contribution < 1.29 is 14.7 Å². The first kappa shape index (κ1) is 10.4. The van der Waals surface area contributed by atoms with E-state index in [1.165, 1.54) is 0 Å². The van der Waals surface area contributed by atoms with Gasteiger partial charge >= 0.3 is 0 Å². The first-order valence-electron chi connectivity index (χ1n) is 5.36. The zero-order valence-corrected chi connectivity index (χ0v) is 8.56.